The summed E-state index contributed by atoms with van der Waals surface area (Å²) < 4.78 is 0. The Morgan fingerprint density at radius 1 is 1.67 bits per heavy atom. The van der Waals surface area contributed by atoms with E-state index in [-0.39, 0.29) is 42.1 Å². The predicted octanol–water partition coefficient (Wildman–Crippen LogP) is 0.480. The zero-order valence-electron chi connectivity index (χ0n) is 4.52. The van der Waals surface area contributed by atoms with Crippen molar-refractivity contribution in [3.63, 3.8) is 0 Å². The van der Waals surface area contributed by atoms with Crippen LogP contribution in [0.1, 0.15) is 5.82 Å². The van der Waals surface area contributed by atoms with Crippen LogP contribution < -0.4 is 4.98 Å². The number of imidazole rings is 1. The first-order valence-electron chi connectivity index (χ1n) is 1.92. The van der Waals surface area contributed by atoms with Crippen molar-refractivity contribution in [2.45, 2.75) is 0 Å². The van der Waals surface area contributed by atoms with Crippen molar-refractivity contribution in [2.24, 2.45) is 0 Å². The molecule has 0 unspecified atom stereocenters. The van der Waals surface area contributed by atoms with Gasteiger partial charge in [-0.3, -0.25) is 6.58 Å². The van der Waals surface area contributed by atoms with E-state index in [1.807, 2.05) is 0 Å². The molecule has 0 aliphatic rings. The summed E-state index contributed by atoms with van der Waals surface area (Å²) in [6.07, 6.45) is 4.55. The molecule has 0 aliphatic heterocycles. The minimum Gasteiger partial charge on any atom is -0.539 e. The van der Waals surface area contributed by atoms with E-state index >= 15 is 0 Å². The maximum absolute atomic E-state index is 5.04. The molecule has 1 rings (SSSR count). The van der Waals surface area contributed by atoms with Gasteiger partial charge in [0.1, 0.15) is 0 Å². The zero-order valence-corrected chi connectivity index (χ0v) is 10.4. The van der Waals surface area contributed by atoms with Gasteiger partial charge in [-0.05, 0) is 0 Å². The molecular weight excluding hydrogens is 456 g/mol. The Kier molecular flexibility index (Phi) is 8.63. The fraction of sp³-hybridized carbons (Fsp3) is 0. The summed E-state index contributed by atoms with van der Waals surface area (Å²) in [5.74, 6) is 0.583. The van der Waals surface area contributed by atoms with Gasteiger partial charge in [-0.15, -0.1) is 12.4 Å². The topological polar surface area (TPSA) is 27.0 Å². The predicted molar refractivity (Wildman–Crippen MR) is 26.3 cm³/mol. The Bertz CT molecular complexity index is 148. The summed E-state index contributed by atoms with van der Waals surface area (Å²) in [5, 5.41) is 0. The second-order valence-corrected chi connectivity index (χ2v) is 1.08. The van der Waals surface area contributed by atoms with Crippen LogP contribution in [0.3, 0.4) is 0 Å². The molecule has 0 amide bonds. The van der Waals surface area contributed by atoms with Gasteiger partial charge in [0.05, 0.1) is 0 Å². The maximum Gasteiger partial charge on any atom is 2.00 e. The molecule has 0 aliphatic carbocycles. The molecule has 0 N–H and O–H groups in total. The van der Waals surface area contributed by atoms with E-state index in [9.17, 15) is 0 Å². The largest absolute Gasteiger partial charge is 2.00 e. The zero-order chi connectivity index (χ0) is 5.11. The van der Waals surface area contributed by atoms with Crippen LogP contribution in [0.5, 0.6) is 0 Å². The molecule has 0 fully saturated rings. The van der Waals surface area contributed by atoms with Crippen molar-refractivity contribution >= 4 is 6.08 Å². The van der Waals surface area contributed by atoms with E-state index in [1.165, 1.54) is 6.08 Å². The van der Waals surface area contributed by atoms with Crippen molar-refractivity contribution in [3.8, 4) is 0 Å². The summed E-state index contributed by atoms with van der Waals surface area (Å²) in [5.41, 5.74) is 0. The average molecular weight is 460 g/mol. The molecule has 9 heavy (non-hydrogen) atoms. The van der Waals surface area contributed by atoms with Gasteiger partial charge < -0.3 is 9.97 Å². The van der Waals surface area contributed by atoms with E-state index in [0.717, 1.165) is 0 Å². The Hall–Kier alpha value is 0.327. The van der Waals surface area contributed by atoms with Gasteiger partial charge in [0.15, 0.2) is 0 Å². The van der Waals surface area contributed by atoms with Crippen molar-refractivity contribution in [1.29, 1.82) is 0 Å². The average Bonchev–Trinajstić information content (AvgIpc) is 2.14. The first-order chi connectivity index (χ1) is 3.43. The Labute approximate surface area is 82.7 Å². The molecule has 0 radical (unpaired) electrons. The van der Waals surface area contributed by atoms with E-state index in [0.29, 0.717) is 5.82 Å². The van der Waals surface area contributed by atoms with Crippen LogP contribution >= 0.6 is 0 Å². The Morgan fingerprint density at radius 2 is 2.33 bits per heavy atom. The SMILES string of the molecule is [CH-]=Cc1ncc[n-]1.[W+2].[W]. The van der Waals surface area contributed by atoms with Gasteiger partial charge >= 0.3 is 21.1 Å². The molecular formula is C5H4N2W2. The van der Waals surface area contributed by atoms with Crippen molar-refractivity contribution in [3.05, 3.63) is 24.8 Å². The van der Waals surface area contributed by atoms with Crippen LogP contribution in [0.4, 0.5) is 0 Å². The molecule has 1 heterocycles. The fourth-order valence-corrected chi connectivity index (χ4v) is 0.339. The third kappa shape index (κ3) is 3.83. The Morgan fingerprint density at radius 3 is 2.56 bits per heavy atom. The first kappa shape index (κ1) is 12.0. The third-order valence-electron chi connectivity index (χ3n) is 0.629. The van der Waals surface area contributed by atoms with Crippen molar-refractivity contribution < 1.29 is 42.1 Å². The fourth-order valence-electron chi connectivity index (χ4n) is 0.339. The quantitative estimate of drug-likeness (QED) is 0.571. The summed E-state index contributed by atoms with van der Waals surface area (Å²) in [4.78, 5) is 7.49. The smallest absolute Gasteiger partial charge is 0.539 e. The number of aromatic nitrogens is 2. The van der Waals surface area contributed by atoms with Crippen LogP contribution in [0.2, 0.25) is 0 Å². The summed E-state index contributed by atoms with van der Waals surface area (Å²) in [6.45, 7) is 5.04. The number of hydrogen-bond donors (Lipinski definition) is 0. The van der Waals surface area contributed by atoms with Crippen LogP contribution in [0.15, 0.2) is 12.4 Å². The molecule has 0 aromatic carbocycles. The van der Waals surface area contributed by atoms with Gasteiger partial charge in [0.25, 0.3) is 0 Å². The molecule has 0 saturated carbocycles. The van der Waals surface area contributed by atoms with Crippen molar-refractivity contribution in [2.75, 3.05) is 0 Å². The third-order valence-corrected chi connectivity index (χ3v) is 0.629. The number of hydrogen-bond acceptors (Lipinski definition) is 1. The van der Waals surface area contributed by atoms with Crippen LogP contribution in [0.25, 0.3) is 6.08 Å². The van der Waals surface area contributed by atoms with Gasteiger partial charge in [-0.25, -0.2) is 11.9 Å². The molecule has 1 aromatic heterocycles. The van der Waals surface area contributed by atoms with Gasteiger partial charge in [0, 0.05) is 21.1 Å². The van der Waals surface area contributed by atoms with Gasteiger partial charge in [0.2, 0.25) is 0 Å². The molecule has 46 valence electrons. The second-order valence-electron chi connectivity index (χ2n) is 1.08. The minimum absolute atomic E-state index is 0. The normalized spacial score (nSPS) is 6.67. The van der Waals surface area contributed by atoms with Crippen molar-refractivity contribution in [1.82, 2.24) is 9.97 Å². The van der Waals surface area contributed by atoms with E-state index in [4.69, 9.17) is 6.58 Å². The summed E-state index contributed by atoms with van der Waals surface area (Å²) in [7, 11) is 0. The van der Waals surface area contributed by atoms with Gasteiger partial charge in [-0.2, -0.15) is 0 Å². The monoisotopic (exact) mass is 460 g/mol. The standard InChI is InChI=1S/C5H4N2.2W/c1-2-5-6-3-4-7-5;;/h1-4H;;/q-2;;+2. The summed E-state index contributed by atoms with van der Waals surface area (Å²) in [6, 6.07) is 0. The van der Waals surface area contributed by atoms with E-state index in [2.05, 4.69) is 9.97 Å². The van der Waals surface area contributed by atoms with E-state index in [1.54, 1.807) is 12.4 Å². The molecule has 1 aromatic rings. The summed E-state index contributed by atoms with van der Waals surface area (Å²) >= 11 is 0. The van der Waals surface area contributed by atoms with Crippen LogP contribution in [-0.4, -0.2) is 4.98 Å². The molecule has 2 nitrogen and oxygen atoms in total. The molecule has 0 spiro atoms. The maximum atomic E-state index is 5.04. The molecule has 0 atom stereocenters. The molecule has 0 saturated heterocycles. The number of nitrogens with zero attached hydrogens (tertiary/aromatic N) is 2. The van der Waals surface area contributed by atoms with Gasteiger partial charge in [-0.1, -0.05) is 0 Å². The first-order valence-corrected chi connectivity index (χ1v) is 1.92. The van der Waals surface area contributed by atoms with Crippen LogP contribution in [0, 0.1) is 6.58 Å². The number of rotatable bonds is 1. The Balaban J connectivity index is 0. The minimum atomic E-state index is 0. The van der Waals surface area contributed by atoms with E-state index < -0.39 is 0 Å². The molecule has 0 bridgehead atoms. The van der Waals surface area contributed by atoms with Crippen LogP contribution in [-0.2, 0) is 42.1 Å². The molecule has 4 heteroatoms. The second kappa shape index (κ2) is 6.45.